The van der Waals surface area contributed by atoms with Crippen LogP contribution in [0, 0.1) is 0 Å². The van der Waals surface area contributed by atoms with Crippen LogP contribution in [-0.2, 0) is 0 Å². The van der Waals surface area contributed by atoms with Gasteiger partial charge in [-0.15, -0.1) is 0 Å². The molecule has 3 nitrogen and oxygen atoms in total. The summed E-state index contributed by atoms with van der Waals surface area (Å²) < 4.78 is 0. The summed E-state index contributed by atoms with van der Waals surface area (Å²) >= 11 is 0. The lowest BCUT2D eigenvalue weighted by Gasteiger charge is -2.40. The summed E-state index contributed by atoms with van der Waals surface area (Å²) in [5.74, 6) is 0. The SMILES string of the molecule is CNC(C)CCCCN1CCC(N2CCCCC2)CC1. The molecule has 1 atom stereocenters. The maximum atomic E-state index is 3.33. The van der Waals surface area contributed by atoms with Gasteiger partial charge in [-0.05, 0) is 85.2 Å². The minimum atomic E-state index is 0.680. The topological polar surface area (TPSA) is 18.5 Å². The molecule has 2 aliphatic heterocycles. The molecule has 0 spiro atoms. The first-order chi connectivity index (χ1) is 9.79. The van der Waals surface area contributed by atoms with Crippen LogP contribution in [0.5, 0.6) is 0 Å². The molecule has 0 saturated carbocycles. The van der Waals surface area contributed by atoms with E-state index < -0.39 is 0 Å². The van der Waals surface area contributed by atoms with Gasteiger partial charge in [-0.25, -0.2) is 0 Å². The molecule has 0 bridgehead atoms. The van der Waals surface area contributed by atoms with E-state index in [-0.39, 0.29) is 0 Å². The zero-order chi connectivity index (χ0) is 14.2. The van der Waals surface area contributed by atoms with Gasteiger partial charge in [0.1, 0.15) is 0 Å². The average Bonchev–Trinajstić information content (AvgIpc) is 2.52. The highest BCUT2D eigenvalue weighted by Crippen LogP contribution is 2.21. The third-order valence-electron chi connectivity index (χ3n) is 5.32. The first kappa shape index (κ1) is 16.3. The van der Waals surface area contributed by atoms with Crippen molar-refractivity contribution in [2.75, 3.05) is 39.8 Å². The quantitative estimate of drug-likeness (QED) is 0.724. The van der Waals surface area contributed by atoms with E-state index in [0.29, 0.717) is 6.04 Å². The summed E-state index contributed by atoms with van der Waals surface area (Å²) in [5.41, 5.74) is 0. The van der Waals surface area contributed by atoms with Crippen molar-refractivity contribution in [1.82, 2.24) is 15.1 Å². The van der Waals surface area contributed by atoms with Crippen LogP contribution in [0.1, 0.15) is 58.3 Å². The first-order valence-corrected chi connectivity index (χ1v) is 8.93. The van der Waals surface area contributed by atoms with Crippen LogP contribution in [0.2, 0.25) is 0 Å². The Hall–Kier alpha value is -0.120. The smallest absolute Gasteiger partial charge is 0.0120 e. The molecule has 1 N–H and O–H groups in total. The minimum Gasteiger partial charge on any atom is -0.317 e. The number of nitrogens with one attached hydrogen (secondary N) is 1. The number of likely N-dealkylation sites (tertiary alicyclic amines) is 2. The largest absolute Gasteiger partial charge is 0.317 e. The second kappa shape index (κ2) is 9.01. The van der Waals surface area contributed by atoms with Crippen molar-refractivity contribution in [3.63, 3.8) is 0 Å². The summed E-state index contributed by atoms with van der Waals surface area (Å²) in [5, 5.41) is 3.33. The van der Waals surface area contributed by atoms with Crippen LogP contribution in [0.3, 0.4) is 0 Å². The Morgan fingerprint density at radius 3 is 2.35 bits per heavy atom. The summed E-state index contributed by atoms with van der Waals surface area (Å²) in [4.78, 5) is 5.47. The number of hydrogen-bond acceptors (Lipinski definition) is 3. The van der Waals surface area contributed by atoms with Gasteiger partial charge in [0.05, 0.1) is 0 Å². The predicted octanol–water partition coefficient (Wildman–Crippen LogP) is 2.71. The van der Waals surface area contributed by atoms with E-state index in [9.17, 15) is 0 Å². The number of unbranched alkanes of at least 4 members (excludes halogenated alkanes) is 1. The molecule has 2 aliphatic rings. The lowest BCUT2D eigenvalue weighted by molar-refractivity contribution is 0.0917. The van der Waals surface area contributed by atoms with Gasteiger partial charge in [-0.2, -0.15) is 0 Å². The van der Waals surface area contributed by atoms with E-state index >= 15 is 0 Å². The monoisotopic (exact) mass is 281 g/mol. The van der Waals surface area contributed by atoms with Gasteiger partial charge < -0.3 is 15.1 Å². The highest BCUT2D eigenvalue weighted by molar-refractivity contribution is 4.81. The molecule has 2 fully saturated rings. The van der Waals surface area contributed by atoms with Crippen molar-refractivity contribution < 1.29 is 0 Å². The molecule has 3 heteroatoms. The van der Waals surface area contributed by atoms with Crippen molar-refractivity contribution in [2.24, 2.45) is 0 Å². The van der Waals surface area contributed by atoms with Crippen molar-refractivity contribution in [2.45, 2.75) is 70.4 Å². The van der Waals surface area contributed by atoms with E-state index in [1.54, 1.807) is 0 Å². The molecule has 2 heterocycles. The highest BCUT2D eigenvalue weighted by atomic mass is 15.2. The van der Waals surface area contributed by atoms with E-state index in [2.05, 4.69) is 29.1 Å². The lowest BCUT2D eigenvalue weighted by Crippen LogP contribution is -2.46. The van der Waals surface area contributed by atoms with Gasteiger partial charge >= 0.3 is 0 Å². The zero-order valence-corrected chi connectivity index (χ0v) is 13.7. The molecule has 0 aromatic carbocycles. The number of rotatable bonds is 7. The van der Waals surface area contributed by atoms with E-state index in [0.717, 1.165) is 6.04 Å². The molecule has 0 radical (unpaired) electrons. The third-order valence-corrected chi connectivity index (χ3v) is 5.32. The van der Waals surface area contributed by atoms with Gasteiger partial charge in [-0.1, -0.05) is 12.8 Å². The molecule has 0 aromatic rings. The Morgan fingerprint density at radius 1 is 1.00 bits per heavy atom. The maximum Gasteiger partial charge on any atom is 0.0120 e. The van der Waals surface area contributed by atoms with Crippen LogP contribution in [0.4, 0.5) is 0 Å². The maximum absolute atomic E-state index is 3.33. The van der Waals surface area contributed by atoms with Crippen LogP contribution in [0.15, 0.2) is 0 Å². The fourth-order valence-electron chi connectivity index (χ4n) is 3.72. The molecule has 0 aliphatic carbocycles. The second-order valence-electron chi connectivity index (χ2n) is 6.85. The highest BCUT2D eigenvalue weighted by Gasteiger charge is 2.25. The Morgan fingerprint density at radius 2 is 1.70 bits per heavy atom. The molecular weight excluding hydrogens is 246 g/mol. The number of nitrogens with zero attached hydrogens (tertiary/aromatic N) is 2. The van der Waals surface area contributed by atoms with Gasteiger partial charge in [0.15, 0.2) is 0 Å². The normalized spacial score (nSPS) is 24.9. The molecule has 20 heavy (non-hydrogen) atoms. The summed E-state index contributed by atoms with van der Waals surface area (Å²) in [6.45, 7) is 9.01. The van der Waals surface area contributed by atoms with Crippen LogP contribution in [0.25, 0.3) is 0 Å². The van der Waals surface area contributed by atoms with E-state index in [4.69, 9.17) is 0 Å². The average molecular weight is 281 g/mol. The van der Waals surface area contributed by atoms with E-state index in [1.165, 1.54) is 84.1 Å². The molecule has 0 amide bonds. The second-order valence-corrected chi connectivity index (χ2v) is 6.85. The summed E-state index contributed by atoms with van der Waals surface area (Å²) in [6.07, 6.45) is 11.2. The Balaban J connectivity index is 1.55. The third kappa shape index (κ3) is 5.34. The van der Waals surface area contributed by atoms with Crippen molar-refractivity contribution in [3.05, 3.63) is 0 Å². The van der Waals surface area contributed by atoms with Crippen molar-refractivity contribution >= 4 is 0 Å². The summed E-state index contributed by atoms with van der Waals surface area (Å²) in [6, 6.07) is 1.58. The molecule has 0 aromatic heterocycles. The van der Waals surface area contributed by atoms with Crippen LogP contribution < -0.4 is 5.32 Å². The lowest BCUT2D eigenvalue weighted by atomic mass is 9.99. The molecule has 118 valence electrons. The Bertz CT molecular complexity index is 243. The van der Waals surface area contributed by atoms with Crippen molar-refractivity contribution in [1.29, 1.82) is 0 Å². The van der Waals surface area contributed by atoms with Crippen LogP contribution >= 0.6 is 0 Å². The Kier molecular flexibility index (Phi) is 7.32. The number of hydrogen-bond donors (Lipinski definition) is 1. The van der Waals surface area contributed by atoms with Gasteiger partial charge in [0.2, 0.25) is 0 Å². The fraction of sp³-hybridized carbons (Fsp3) is 1.00. The van der Waals surface area contributed by atoms with Crippen LogP contribution in [-0.4, -0.2) is 61.7 Å². The Labute approximate surface area is 126 Å². The van der Waals surface area contributed by atoms with Gasteiger partial charge in [-0.3, -0.25) is 0 Å². The van der Waals surface area contributed by atoms with E-state index in [1.807, 2.05) is 0 Å². The molecular formula is C17H35N3. The zero-order valence-electron chi connectivity index (χ0n) is 13.7. The fourth-order valence-corrected chi connectivity index (χ4v) is 3.72. The first-order valence-electron chi connectivity index (χ1n) is 8.93. The predicted molar refractivity (Wildman–Crippen MR) is 87.3 cm³/mol. The minimum absolute atomic E-state index is 0.680. The molecule has 1 unspecified atom stereocenters. The molecule has 2 rings (SSSR count). The number of piperidine rings is 2. The summed E-state index contributed by atoms with van der Waals surface area (Å²) in [7, 11) is 2.07. The standard InChI is InChI=1S/C17H35N3/c1-16(18-2)8-4-7-11-19-14-9-17(10-15-19)20-12-5-3-6-13-20/h16-18H,3-15H2,1-2H3. The van der Waals surface area contributed by atoms with Crippen molar-refractivity contribution in [3.8, 4) is 0 Å². The molecule has 2 saturated heterocycles. The van der Waals surface area contributed by atoms with Gasteiger partial charge in [0.25, 0.3) is 0 Å². The van der Waals surface area contributed by atoms with Gasteiger partial charge in [0, 0.05) is 12.1 Å².